The quantitative estimate of drug-likeness (QED) is 0.567. The molecule has 7 heteroatoms. The predicted octanol–water partition coefficient (Wildman–Crippen LogP) is 2.69. The molecule has 3 aromatic rings. The van der Waals surface area contributed by atoms with Crippen LogP contribution in [0.3, 0.4) is 0 Å². The number of hydrogen-bond donors (Lipinski definition) is 2. The van der Waals surface area contributed by atoms with Gasteiger partial charge in [-0.05, 0) is 23.8 Å². The molecule has 0 saturated heterocycles. The smallest absolute Gasteiger partial charge is 0.286 e. The fourth-order valence-corrected chi connectivity index (χ4v) is 2.34. The summed E-state index contributed by atoms with van der Waals surface area (Å²) in [5, 5.41) is 11.6. The number of carbonyl (C=O) groups is 1. The Morgan fingerprint density at radius 1 is 1.18 bits per heavy atom. The number of primary amides is 1. The zero-order chi connectivity index (χ0) is 15.9. The number of anilines is 1. The molecule has 1 aromatic heterocycles. The van der Waals surface area contributed by atoms with Crippen molar-refractivity contribution in [1.82, 2.24) is 0 Å². The highest BCUT2D eigenvalue weighted by Crippen LogP contribution is 2.35. The van der Waals surface area contributed by atoms with E-state index in [9.17, 15) is 14.9 Å². The monoisotopic (exact) mass is 297 g/mol. The van der Waals surface area contributed by atoms with Crippen LogP contribution in [0.5, 0.6) is 0 Å². The molecule has 3 rings (SSSR count). The van der Waals surface area contributed by atoms with Crippen molar-refractivity contribution in [2.75, 3.05) is 5.73 Å². The van der Waals surface area contributed by atoms with E-state index in [1.165, 1.54) is 6.07 Å². The number of benzene rings is 2. The van der Waals surface area contributed by atoms with E-state index < -0.39 is 10.8 Å². The number of hydrogen-bond acceptors (Lipinski definition) is 5. The number of fused-ring (bicyclic) bond motifs is 1. The first-order valence-electron chi connectivity index (χ1n) is 6.34. The van der Waals surface area contributed by atoms with Gasteiger partial charge < -0.3 is 15.9 Å². The van der Waals surface area contributed by atoms with E-state index in [1.807, 2.05) is 0 Å². The Morgan fingerprint density at radius 3 is 2.59 bits per heavy atom. The van der Waals surface area contributed by atoms with Crippen molar-refractivity contribution in [2.45, 2.75) is 0 Å². The highest BCUT2D eigenvalue weighted by Gasteiger charge is 2.19. The lowest BCUT2D eigenvalue weighted by Gasteiger charge is -2.03. The minimum Gasteiger partial charge on any atom is -0.449 e. The minimum atomic E-state index is -0.763. The lowest BCUT2D eigenvalue weighted by atomic mass is 10.0. The molecule has 0 radical (unpaired) electrons. The summed E-state index contributed by atoms with van der Waals surface area (Å²) in [7, 11) is 0. The summed E-state index contributed by atoms with van der Waals surface area (Å²) < 4.78 is 5.30. The maximum atomic E-state index is 11.2. The first-order valence-corrected chi connectivity index (χ1v) is 6.34. The summed E-state index contributed by atoms with van der Waals surface area (Å²) in [6, 6.07) is 11.3. The molecule has 0 spiro atoms. The third-order valence-corrected chi connectivity index (χ3v) is 3.36. The first kappa shape index (κ1) is 13.6. The Balaban J connectivity index is 2.24. The van der Waals surface area contributed by atoms with Crippen LogP contribution in [-0.2, 0) is 0 Å². The average Bonchev–Trinajstić information content (AvgIpc) is 2.84. The predicted molar refractivity (Wildman–Crippen MR) is 81.2 cm³/mol. The normalized spacial score (nSPS) is 10.7. The molecule has 1 amide bonds. The number of nitrogen functional groups attached to an aromatic ring is 1. The molecule has 0 bridgehead atoms. The largest absolute Gasteiger partial charge is 0.449 e. The fraction of sp³-hybridized carbons (Fsp3) is 0. The molecule has 1 heterocycles. The molecule has 4 N–H and O–H groups in total. The molecular formula is C15H11N3O4. The highest BCUT2D eigenvalue weighted by atomic mass is 16.6. The average molecular weight is 297 g/mol. The lowest BCUT2D eigenvalue weighted by Crippen LogP contribution is -2.11. The molecule has 0 aliphatic carbocycles. The van der Waals surface area contributed by atoms with Gasteiger partial charge in [-0.25, -0.2) is 0 Å². The number of carbonyl (C=O) groups excluding carboxylic acids is 1. The minimum absolute atomic E-state index is 0.0148. The van der Waals surface area contributed by atoms with Crippen LogP contribution in [0.2, 0.25) is 0 Å². The molecule has 0 aliphatic rings. The topological polar surface area (TPSA) is 125 Å². The summed E-state index contributed by atoms with van der Waals surface area (Å²) >= 11 is 0. The van der Waals surface area contributed by atoms with Crippen LogP contribution < -0.4 is 11.5 Å². The van der Waals surface area contributed by atoms with Crippen LogP contribution in [-0.4, -0.2) is 10.8 Å². The molecule has 2 aromatic carbocycles. The summed E-state index contributed by atoms with van der Waals surface area (Å²) in [5.41, 5.74) is 12.6. The third-order valence-electron chi connectivity index (χ3n) is 3.36. The highest BCUT2D eigenvalue weighted by molar-refractivity contribution is 6.05. The SMILES string of the molecule is NC(=O)c1oc2ccc(-c3ccccc3[N+](=O)[O-])cc2c1N. The van der Waals surface area contributed by atoms with Gasteiger partial charge in [-0.2, -0.15) is 0 Å². The van der Waals surface area contributed by atoms with Gasteiger partial charge in [-0.15, -0.1) is 0 Å². The first-order chi connectivity index (χ1) is 10.5. The molecule has 0 aliphatic heterocycles. The lowest BCUT2D eigenvalue weighted by molar-refractivity contribution is -0.384. The summed E-state index contributed by atoms with van der Waals surface area (Å²) in [4.78, 5) is 21.9. The number of nitrogens with zero attached hydrogens (tertiary/aromatic N) is 1. The van der Waals surface area contributed by atoms with E-state index in [0.29, 0.717) is 22.1 Å². The second-order valence-corrected chi connectivity index (χ2v) is 4.69. The van der Waals surface area contributed by atoms with E-state index in [0.717, 1.165) is 0 Å². The van der Waals surface area contributed by atoms with Crippen molar-refractivity contribution >= 4 is 28.3 Å². The summed E-state index contributed by atoms with van der Waals surface area (Å²) in [6.45, 7) is 0. The number of nitro groups is 1. The molecule has 0 fully saturated rings. The van der Waals surface area contributed by atoms with Gasteiger partial charge in [0.2, 0.25) is 5.76 Å². The number of nitrogens with two attached hydrogens (primary N) is 2. The van der Waals surface area contributed by atoms with Gasteiger partial charge in [0.15, 0.2) is 0 Å². The maximum absolute atomic E-state index is 11.2. The van der Waals surface area contributed by atoms with Gasteiger partial charge in [0.1, 0.15) is 5.58 Å². The van der Waals surface area contributed by atoms with Gasteiger partial charge in [-0.3, -0.25) is 14.9 Å². The Hall–Kier alpha value is -3.35. The third kappa shape index (κ3) is 2.05. The van der Waals surface area contributed by atoms with Crippen LogP contribution in [0, 0.1) is 10.1 Å². The van der Waals surface area contributed by atoms with Crippen molar-refractivity contribution in [1.29, 1.82) is 0 Å². The second kappa shape index (κ2) is 4.88. The molecule has 0 atom stereocenters. The zero-order valence-corrected chi connectivity index (χ0v) is 11.3. The second-order valence-electron chi connectivity index (χ2n) is 4.69. The van der Waals surface area contributed by atoms with Crippen molar-refractivity contribution in [2.24, 2.45) is 5.73 Å². The maximum Gasteiger partial charge on any atom is 0.286 e. The zero-order valence-electron chi connectivity index (χ0n) is 11.3. The van der Waals surface area contributed by atoms with Gasteiger partial charge in [0, 0.05) is 11.5 Å². The van der Waals surface area contributed by atoms with Crippen molar-refractivity contribution in [3.8, 4) is 11.1 Å². The Morgan fingerprint density at radius 2 is 1.91 bits per heavy atom. The number of para-hydroxylation sites is 1. The Labute approximate surface area is 124 Å². The van der Waals surface area contributed by atoms with Crippen LogP contribution in [0.15, 0.2) is 46.9 Å². The van der Waals surface area contributed by atoms with E-state index >= 15 is 0 Å². The van der Waals surface area contributed by atoms with E-state index in [2.05, 4.69) is 0 Å². The van der Waals surface area contributed by atoms with Crippen LogP contribution in [0.4, 0.5) is 11.4 Å². The van der Waals surface area contributed by atoms with Crippen molar-refractivity contribution < 1.29 is 14.1 Å². The van der Waals surface area contributed by atoms with Gasteiger partial charge in [-0.1, -0.05) is 18.2 Å². The molecule has 22 heavy (non-hydrogen) atoms. The van der Waals surface area contributed by atoms with Crippen LogP contribution in [0.1, 0.15) is 10.6 Å². The number of amides is 1. The number of nitro benzene ring substituents is 1. The van der Waals surface area contributed by atoms with E-state index in [1.54, 1.807) is 36.4 Å². The Kier molecular flexibility index (Phi) is 3.03. The number of rotatable bonds is 3. The Bertz CT molecular complexity index is 914. The number of furan rings is 1. The standard InChI is InChI=1S/C15H11N3O4/c16-13-10-7-8(5-6-12(10)22-14(13)15(17)19)9-3-1-2-4-11(9)18(20)21/h1-7H,16H2,(H2,17,19). The molecule has 7 nitrogen and oxygen atoms in total. The molecule has 110 valence electrons. The van der Waals surface area contributed by atoms with Crippen LogP contribution in [0.25, 0.3) is 22.1 Å². The van der Waals surface area contributed by atoms with Gasteiger partial charge in [0.25, 0.3) is 11.6 Å². The van der Waals surface area contributed by atoms with Crippen molar-refractivity contribution in [3.63, 3.8) is 0 Å². The van der Waals surface area contributed by atoms with Crippen molar-refractivity contribution in [3.05, 3.63) is 58.3 Å². The molecular weight excluding hydrogens is 286 g/mol. The summed E-state index contributed by atoms with van der Waals surface area (Å²) in [6.07, 6.45) is 0. The molecule has 0 saturated carbocycles. The fourth-order valence-electron chi connectivity index (χ4n) is 2.34. The summed E-state index contributed by atoms with van der Waals surface area (Å²) in [5.74, 6) is -0.879. The van der Waals surface area contributed by atoms with Gasteiger partial charge >= 0.3 is 0 Å². The van der Waals surface area contributed by atoms with E-state index in [4.69, 9.17) is 15.9 Å². The van der Waals surface area contributed by atoms with E-state index in [-0.39, 0.29) is 17.1 Å². The van der Waals surface area contributed by atoms with Crippen LogP contribution >= 0.6 is 0 Å². The van der Waals surface area contributed by atoms with Gasteiger partial charge in [0.05, 0.1) is 16.2 Å². The molecule has 0 unspecified atom stereocenters.